The molecule has 0 heterocycles. The molecule has 2 heteroatoms. The van der Waals surface area contributed by atoms with Crippen LogP contribution in [0.3, 0.4) is 0 Å². The van der Waals surface area contributed by atoms with E-state index in [1.165, 1.54) is 17.5 Å². The summed E-state index contributed by atoms with van der Waals surface area (Å²) in [4.78, 5) is 2.14. The Balaban J connectivity index is 2.49. The van der Waals surface area contributed by atoms with Crippen molar-refractivity contribution in [2.75, 3.05) is 26.7 Å². The maximum Gasteiger partial charge on any atom is 0.0599 e. The number of hydrogen-bond acceptors (Lipinski definition) is 2. The number of benzene rings is 1. The Kier molecular flexibility index (Phi) is 7.25. The minimum atomic E-state index is 0.559. The topological polar surface area (TPSA) is 15.3 Å². The molecule has 0 radical (unpaired) electrons. The number of rotatable bonds is 8. The van der Waals surface area contributed by atoms with E-state index in [-0.39, 0.29) is 0 Å². The van der Waals surface area contributed by atoms with Gasteiger partial charge < -0.3 is 5.32 Å². The molecule has 19 heavy (non-hydrogen) atoms. The lowest BCUT2D eigenvalue weighted by molar-refractivity contribution is 0.369. The van der Waals surface area contributed by atoms with Gasteiger partial charge in [-0.15, -0.1) is 6.42 Å². The zero-order valence-electron chi connectivity index (χ0n) is 12.4. The van der Waals surface area contributed by atoms with Crippen LogP contribution in [0.2, 0.25) is 0 Å². The normalized spacial score (nSPS) is 12.4. The minimum Gasteiger partial charge on any atom is -0.316 e. The minimum absolute atomic E-state index is 0.559. The highest BCUT2D eigenvalue weighted by Gasteiger charge is 2.05. The van der Waals surface area contributed by atoms with E-state index in [2.05, 4.69) is 54.3 Å². The summed E-state index contributed by atoms with van der Waals surface area (Å²) >= 11 is 0. The molecule has 1 rings (SSSR count). The molecule has 0 aliphatic heterocycles. The number of terminal acetylenes is 1. The molecule has 0 aliphatic carbocycles. The Morgan fingerprint density at radius 2 is 2.00 bits per heavy atom. The molecule has 0 saturated carbocycles. The maximum atomic E-state index is 5.31. The van der Waals surface area contributed by atoms with Crippen molar-refractivity contribution >= 4 is 0 Å². The van der Waals surface area contributed by atoms with E-state index >= 15 is 0 Å². The van der Waals surface area contributed by atoms with E-state index in [1.807, 2.05) is 7.05 Å². The second-order valence-electron chi connectivity index (χ2n) is 5.22. The molecule has 2 nitrogen and oxygen atoms in total. The first-order valence-electron chi connectivity index (χ1n) is 7.09. The fourth-order valence-electron chi connectivity index (χ4n) is 2.09. The summed E-state index contributed by atoms with van der Waals surface area (Å²) in [6.45, 7) is 8.21. The van der Waals surface area contributed by atoms with Crippen molar-refractivity contribution in [3.05, 3.63) is 35.4 Å². The third kappa shape index (κ3) is 5.92. The van der Waals surface area contributed by atoms with Gasteiger partial charge >= 0.3 is 0 Å². The first-order chi connectivity index (χ1) is 9.17. The number of nitrogens with one attached hydrogen (secondary N) is 1. The monoisotopic (exact) mass is 258 g/mol. The molecule has 0 spiro atoms. The molecule has 0 aromatic heterocycles. The lowest BCUT2D eigenvalue weighted by Crippen LogP contribution is -2.21. The van der Waals surface area contributed by atoms with Crippen molar-refractivity contribution in [3.8, 4) is 12.3 Å². The van der Waals surface area contributed by atoms with Gasteiger partial charge in [-0.3, -0.25) is 4.90 Å². The number of hydrogen-bond donors (Lipinski definition) is 1. The highest BCUT2D eigenvalue weighted by atomic mass is 15.1. The predicted molar refractivity (Wildman–Crippen MR) is 83.2 cm³/mol. The number of nitrogens with zero attached hydrogens (tertiary/aromatic N) is 1. The summed E-state index contributed by atoms with van der Waals surface area (Å²) < 4.78 is 0. The van der Waals surface area contributed by atoms with Crippen LogP contribution in [0.4, 0.5) is 0 Å². The molecule has 0 aliphatic rings. The molecule has 0 fully saturated rings. The fraction of sp³-hybridized carbons (Fsp3) is 0.529. The SMILES string of the molecule is C#CCN(C)Cc1ccc(C(C)CNCCC)cc1. The second kappa shape index (κ2) is 8.74. The smallest absolute Gasteiger partial charge is 0.0599 e. The van der Waals surface area contributed by atoms with Crippen molar-refractivity contribution in [1.82, 2.24) is 10.2 Å². The van der Waals surface area contributed by atoms with Crippen molar-refractivity contribution in [1.29, 1.82) is 0 Å². The van der Waals surface area contributed by atoms with Crippen LogP contribution in [-0.4, -0.2) is 31.6 Å². The van der Waals surface area contributed by atoms with Crippen LogP contribution >= 0.6 is 0 Å². The highest BCUT2D eigenvalue weighted by Crippen LogP contribution is 2.15. The van der Waals surface area contributed by atoms with Gasteiger partial charge in [-0.25, -0.2) is 0 Å². The lowest BCUT2D eigenvalue weighted by Gasteiger charge is -2.16. The van der Waals surface area contributed by atoms with E-state index in [0.29, 0.717) is 12.5 Å². The van der Waals surface area contributed by atoms with Crippen LogP contribution in [0.1, 0.15) is 37.3 Å². The van der Waals surface area contributed by atoms with Crippen LogP contribution in [0, 0.1) is 12.3 Å². The van der Waals surface area contributed by atoms with Crippen LogP contribution < -0.4 is 5.32 Å². The molecule has 1 aromatic rings. The Hall–Kier alpha value is -1.30. The quantitative estimate of drug-likeness (QED) is 0.570. The van der Waals surface area contributed by atoms with Gasteiger partial charge in [0, 0.05) is 13.1 Å². The van der Waals surface area contributed by atoms with E-state index in [4.69, 9.17) is 6.42 Å². The predicted octanol–water partition coefficient (Wildman–Crippen LogP) is 2.85. The summed E-state index contributed by atoms with van der Waals surface area (Å²) in [6, 6.07) is 8.88. The van der Waals surface area contributed by atoms with Crippen molar-refractivity contribution in [2.45, 2.75) is 32.7 Å². The Labute approximate surface area is 118 Å². The largest absolute Gasteiger partial charge is 0.316 e. The molecule has 0 saturated heterocycles. The molecule has 0 bridgehead atoms. The third-order valence-electron chi connectivity index (χ3n) is 3.24. The van der Waals surface area contributed by atoms with Crippen molar-refractivity contribution in [2.24, 2.45) is 0 Å². The molecule has 1 N–H and O–H groups in total. The summed E-state index contributed by atoms with van der Waals surface area (Å²) in [7, 11) is 2.05. The molecule has 0 amide bonds. The van der Waals surface area contributed by atoms with Crippen LogP contribution in [0.25, 0.3) is 0 Å². The Bertz CT molecular complexity index is 389. The van der Waals surface area contributed by atoms with Crippen molar-refractivity contribution in [3.63, 3.8) is 0 Å². The molecule has 1 unspecified atom stereocenters. The summed E-state index contributed by atoms with van der Waals surface area (Å²) in [5, 5.41) is 3.47. The highest BCUT2D eigenvalue weighted by molar-refractivity contribution is 5.25. The van der Waals surface area contributed by atoms with Gasteiger partial charge in [0.15, 0.2) is 0 Å². The van der Waals surface area contributed by atoms with Gasteiger partial charge in [0.2, 0.25) is 0 Å². The molecular weight excluding hydrogens is 232 g/mol. The van der Waals surface area contributed by atoms with E-state index in [9.17, 15) is 0 Å². The lowest BCUT2D eigenvalue weighted by atomic mass is 9.99. The first kappa shape index (κ1) is 15.8. The summed E-state index contributed by atoms with van der Waals surface area (Å²) in [5.41, 5.74) is 2.71. The van der Waals surface area contributed by atoms with E-state index in [0.717, 1.165) is 19.6 Å². The average Bonchev–Trinajstić information content (AvgIpc) is 2.40. The van der Waals surface area contributed by atoms with Crippen molar-refractivity contribution < 1.29 is 0 Å². The molecular formula is C17H26N2. The van der Waals surface area contributed by atoms with Gasteiger partial charge in [-0.2, -0.15) is 0 Å². The van der Waals surface area contributed by atoms with Crippen LogP contribution in [0.5, 0.6) is 0 Å². The van der Waals surface area contributed by atoms with Gasteiger partial charge in [-0.05, 0) is 37.1 Å². The maximum absolute atomic E-state index is 5.31. The van der Waals surface area contributed by atoms with Gasteiger partial charge in [-0.1, -0.05) is 44.0 Å². The first-order valence-corrected chi connectivity index (χ1v) is 7.09. The van der Waals surface area contributed by atoms with Gasteiger partial charge in [0.05, 0.1) is 6.54 Å². The van der Waals surface area contributed by atoms with E-state index in [1.54, 1.807) is 0 Å². The van der Waals surface area contributed by atoms with Crippen LogP contribution in [-0.2, 0) is 6.54 Å². The Morgan fingerprint density at radius 1 is 1.32 bits per heavy atom. The summed E-state index contributed by atoms with van der Waals surface area (Å²) in [6.07, 6.45) is 6.49. The molecule has 1 aromatic carbocycles. The van der Waals surface area contributed by atoms with Gasteiger partial charge in [0.1, 0.15) is 0 Å². The molecule has 1 atom stereocenters. The standard InChI is InChI=1S/C17H26N2/c1-5-11-18-13-15(3)17-9-7-16(8-10-17)14-19(4)12-6-2/h2,7-10,15,18H,5,11-14H2,1,3-4H3. The Morgan fingerprint density at radius 3 is 2.58 bits per heavy atom. The summed E-state index contributed by atoms with van der Waals surface area (Å²) in [5.74, 6) is 3.22. The van der Waals surface area contributed by atoms with E-state index < -0.39 is 0 Å². The third-order valence-corrected chi connectivity index (χ3v) is 3.24. The second-order valence-corrected chi connectivity index (χ2v) is 5.22. The van der Waals surface area contributed by atoms with Gasteiger partial charge in [0.25, 0.3) is 0 Å². The average molecular weight is 258 g/mol. The van der Waals surface area contributed by atoms with Crippen LogP contribution in [0.15, 0.2) is 24.3 Å². The zero-order valence-corrected chi connectivity index (χ0v) is 12.4. The molecule has 104 valence electrons. The zero-order chi connectivity index (χ0) is 14.1. The fourth-order valence-corrected chi connectivity index (χ4v) is 2.09.